The van der Waals surface area contributed by atoms with Gasteiger partial charge in [-0.1, -0.05) is 24.3 Å². The van der Waals surface area contributed by atoms with Gasteiger partial charge >= 0.3 is 0 Å². The van der Waals surface area contributed by atoms with Crippen molar-refractivity contribution < 1.29 is 14.5 Å². The van der Waals surface area contributed by atoms with E-state index in [1.165, 1.54) is 7.11 Å². The van der Waals surface area contributed by atoms with Crippen molar-refractivity contribution in [3.63, 3.8) is 0 Å². The van der Waals surface area contributed by atoms with Crippen molar-refractivity contribution in [2.45, 2.75) is 13.0 Å². The van der Waals surface area contributed by atoms with Crippen LogP contribution >= 0.6 is 0 Å². The van der Waals surface area contributed by atoms with Crippen LogP contribution in [0.1, 0.15) is 22.3 Å². The highest BCUT2D eigenvalue weighted by Gasteiger charge is 2.17. The Bertz CT molecular complexity index is 1130. The van der Waals surface area contributed by atoms with Gasteiger partial charge in [-0.05, 0) is 36.2 Å². The van der Waals surface area contributed by atoms with Crippen LogP contribution in [0.2, 0.25) is 0 Å². The number of methoxy groups -OCH3 is 1. The lowest BCUT2D eigenvalue weighted by Gasteiger charge is -2.23. The molecule has 0 radical (unpaired) electrons. The maximum atomic E-state index is 12.6. The van der Waals surface area contributed by atoms with E-state index in [4.69, 9.17) is 4.74 Å². The molecule has 1 saturated heterocycles. The minimum Gasteiger partial charge on any atom is -0.496 e. The molecular formula is C25H27N5O4. The van der Waals surface area contributed by atoms with Gasteiger partial charge in [0.25, 0.3) is 11.6 Å². The monoisotopic (exact) mass is 461 g/mol. The van der Waals surface area contributed by atoms with Gasteiger partial charge in [-0.15, -0.1) is 0 Å². The molecule has 0 aliphatic carbocycles. The molecule has 34 heavy (non-hydrogen) atoms. The highest BCUT2D eigenvalue weighted by molar-refractivity contribution is 6.06. The number of benzene rings is 2. The van der Waals surface area contributed by atoms with E-state index in [1.807, 2.05) is 30.3 Å². The van der Waals surface area contributed by atoms with Gasteiger partial charge in [0.05, 0.1) is 29.5 Å². The smallest absolute Gasteiger partial charge is 0.269 e. The zero-order valence-corrected chi connectivity index (χ0v) is 19.0. The van der Waals surface area contributed by atoms with Crippen molar-refractivity contribution in [1.29, 1.82) is 0 Å². The third-order valence-corrected chi connectivity index (χ3v) is 5.82. The molecule has 0 bridgehead atoms. The summed E-state index contributed by atoms with van der Waals surface area (Å²) in [5, 5.41) is 13.7. The topological polar surface area (TPSA) is 101 Å². The van der Waals surface area contributed by atoms with Gasteiger partial charge in [0, 0.05) is 44.9 Å². The Kier molecular flexibility index (Phi) is 7.34. The molecule has 1 fully saturated rings. The molecule has 0 saturated carbocycles. The second kappa shape index (κ2) is 10.8. The van der Waals surface area contributed by atoms with Crippen molar-refractivity contribution in [2.24, 2.45) is 0 Å². The molecule has 0 unspecified atom stereocenters. The van der Waals surface area contributed by atoms with Crippen LogP contribution in [0.15, 0.2) is 66.9 Å². The van der Waals surface area contributed by atoms with Crippen molar-refractivity contribution in [2.75, 3.05) is 43.5 Å². The molecule has 0 atom stereocenters. The number of ether oxygens (including phenoxy) is 1. The summed E-state index contributed by atoms with van der Waals surface area (Å²) < 4.78 is 5.26. The van der Waals surface area contributed by atoms with Crippen LogP contribution in [-0.4, -0.2) is 54.0 Å². The number of nitro groups is 1. The SMILES string of the molecule is COc1ccccc1C(=O)Nc1ccc(N2CCCN(Cc3ccc([N+](=O)[O-])cc3)CC2)nc1. The van der Waals surface area contributed by atoms with Crippen LogP contribution in [0.3, 0.4) is 0 Å². The number of rotatable bonds is 7. The lowest BCUT2D eigenvalue weighted by Crippen LogP contribution is -2.31. The van der Waals surface area contributed by atoms with E-state index in [-0.39, 0.29) is 16.5 Å². The molecule has 2 heterocycles. The molecule has 9 heteroatoms. The first-order chi connectivity index (χ1) is 16.5. The first-order valence-corrected chi connectivity index (χ1v) is 11.1. The summed E-state index contributed by atoms with van der Waals surface area (Å²) >= 11 is 0. The fraction of sp³-hybridized carbons (Fsp3) is 0.280. The summed E-state index contributed by atoms with van der Waals surface area (Å²) in [4.78, 5) is 32.2. The Morgan fingerprint density at radius 3 is 2.56 bits per heavy atom. The number of nitro benzene ring substituents is 1. The molecule has 1 aromatic heterocycles. The number of carbonyl (C=O) groups is 1. The van der Waals surface area contributed by atoms with Crippen LogP contribution in [0.4, 0.5) is 17.2 Å². The number of amides is 1. The minimum absolute atomic E-state index is 0.111. The van der Waals surface area contributed by atoms with Gasteiger partial charge in [-0.2, -0.15) is 0 Å². The highest BCUT2D eigenvalue weighted by atomic mass is 16.6. The van der Waals surface area contributed by atoms with E-state index >= 15 is 0 Å². The van der Waals surface area contributed by atoms with Crippen molar-refractivity contribution in [3.8, 4) is 5.75 Å². The number of non-ortho nitro benzene ring substituents is 1. The summed E-state index contributed by atoms with van der Waals surface area (Å²) in [5.41, 5.74) is 2.26. The molecule has 2 aromatic carbocycles. The molecule has 0 spiro atoms. The lowest BCUT2D eigenvalue weighted by atomic mass is 10.2. The second-order valence-electron chi connectivity index (χ2n) is 8.10. The van der Waals surface area contributed by atoms with Gasteiger partial charge in [-0.3, -0.25) is 19.8 Å². The van der Waals surface area contributed by atoms with Crippen molar-refractivity contribution in [3.05, 3.63) is 88.1 Å². The number of carbonyl (C=O) groups excluding carboxylic acids is 1. The molecule has 1 aliphatic rings. The maximum Gasteiger partial charge on any atom is 0.269 e. The fourth-order valence-electron chi connectivity index (χ4n) is 4.02. The first-order valence-electron chi connectivity index (χ1n) is 11.1. The summed E-state index contributed by atoms with van der Waals surface area (Å²) in [6.45, 7) is 4.28. The second-order valence-corrected chi connectivity index (χ2v) is 8.10. The predicted molar refractivity (Wildman–Crippen MR) is 130 cm³/mol. The average molecular weight is 462 g/mol. The lowest BCUT2D eigenvalue weighted by molar-refractivity contribution is -0.384. The highest BCUT2D eigenvalue weighted by Crippen LogP contribution is 2.21. The fourth-order valence-corrected chi connectivity index (χ4v) is 4.02. The van der Waals surface area contributed by atoms with E-state index in [2.05, 4.69) is 20.1 Å². The minimum atomic E-state index is -0.379. The number of nitrogens with one attached hydrogen (secondary N) is 1. The molecular weight excluding hydrogens is 434 g/mol. The van der Waals surface area contributed by atoms with E-state index in [9.17, 15) is 14.9 Å². The van der Waals surface area contributed by atoms with Gasteiger partial charge in [0.15, 0.2) is 0 Å². The van der Waals surface area contributed by atoms with Gasteiger partial charge < -0.3 is 15.0 Å². The first kappa shape index (κ1) is 23.2. The van der Waals surface area contributed by atoms with Crippen LogP contribution in [0.5, 0.6) is 5.75 Å². The standard InChI is InChI=1S/C25H27N5O4/c1-34-23-6-3-2-5-22(23)25(31)27-20-9-12-24(26-17-20)29-14-4-13-28(15-16-29)18-19-7-10-21(11-8-19)30(32)33/h2-3,5-12,17H,4,13-16,18H2,1H3,(H,27,31). The number of nitrogens with zero attached hydrogens (tertiary/aromatic N) is 4. The Balaban J connectivity index is 1.33. The van der Waals surface area contributed by atoms with E-state index in [0.717, 1.165) is 50.5 Å². The molecule has 4 rings (SSSR count). The molecule has 1 N–H and O–H groups in total. The van der Waals surface area contributed by atoms with Gasteiger partial charge in [0.2, 0.25) is 0 Å². The van der Waals surface area contributed by atoms with E-state index in [1.54, 1.807) is 36.5 Å². The number of hydrogen-bond acceptors (Lipinski definition) is 7. The number of para-hydroxylation sites is 1. The third kappa shape index (κ3) is 5.68. The third-order valence-electron chi connectivity index (χ3n) is 5.82. The molecule has 176 valence electrons. The largest absolute Gasteiger partial charge is 0.496 e. The Labute approximate surface area is 198 Å². The quantitative estimate of drug-likeness (QED) is 0.420. The number of hydrogen-bond donors (Lipinski definition) is 1. The molecule has 1 amide bonds. The number of pyridine rings is 1. The number of anilines is 2. The Hall–Kier alpha value is -3.98. The summed E-state index contributed by atoms with van der Waals surface area (Å²) in [6, 6.07) is 17.6. The van der Waals surface area contributed by atoms with Crippen LogP contribution in [-0.2, 0) is 6.54 Å². The molecule has 9 nitrogen and oxygen atoms in total. The summed E-state index contributed by atoms with van der Waals surface area (Å²) in [7, 11) is 1.54. The summed E-state index contributed by atoms with van der Waals surface area (Å²) in [6.07, 6.45) is 2.66. The average Bonchev–Trinajstić information content (AvgIpc) is 3.10. The van der Waals surface area contributed by atoms with Crippen molar-refractivity contribution >= 4 is 23.1 Å². The number of aromatic nitrogens is 1. The molecule has 1 aliphatic heterocycles. The van der Waals surface area contributed by atoms with Crippen LogP contribution < -0.4 is 15.0 Å². The maximum absolute atomic E-state index is 12.6. The predicted octanol–water partition coefficient (Wildman–Crippen LogP) is 3.96. The van der Waals surface area contributed by atoms with Gasteiger partial charge in [-0.25, -0.2) is 4.98 Å². The zero-order valence-electron chi connectivity index (χ0n) is 19.0. The normalized spacial score (nSPS) is 14.3. The Morgan fingerprint density at radius 1 is 1.06 bits per heavy atom. The Morgan fingerprint density at radius 2 is 1.85 bits per heavy atom. The van der Waals surface area contributed by atoms with Crippen LogP contribution in [0.25, 0.3) is 0 Å². The summed E-state index contributed by atoms with van der Waals surface area (Å²) in [5.74, 6) is 1.14. The van der Waals surface area contributed by atoms with Gasteiger partial charge in [0.1, 0.15) is 11.6 Å². The van der Waals surface area contributed by atoms with Crippen LogP contribution in [0, 0.1) is 10.1 Å². The molecule has 3 aromatic rings. The van der Waals surface area contributed by atoms with E-state index in [0.29, 0.717) is 17.0 Å². The van der Waals surface area contributed by atoms with Crippen molar-refractivity contribution in [1.82, 2.24) is 9.88 Å². The van der Waals surface area contributed by atoms with E-state index < -0.39 is 0 Å². The zero-order chi connectivity index (χ0) is 23.9.